The van der Waals surface area contributed by atoms with E-state index in [1.165, 1.54) is 6.92 Å². The topological polar surface area (TPSA) is 56.7 Å². The van der Waals surface area contributed by atoms with Crippen LogP contribution in [-0.4, -0.2) is 15.0 Å². The predicted octanol–water partition coefficient (Wildman–Crippen LogP) is 1.85. The van der Waals surface area contributed by atoms with Gasteiger partial charge in [0.2, 0.25) is 5.82 Å². The Balaban J connectivity index is 2.84. The third kappa shape index (κ3) is 1.50. The Morgan fingerprint density at radius 3 is 1.72 bits per heavy atom. The van der Waals surface area contributed by atoms with Crippen molar-refractivity contribution >= 4 is 5.82 Å². The summed E-state index contributed by atoms with van der Waals surface area (Å²) in [5.74, 6) is -10.5. The summed E-state index contributed by atoms with van der Waals surface area (Å²) in [6.45, 7) is 1.27. The van der Waals surface area contributed by atoms with Crippen molar-refractivity contribution in [2.24, 2.45) is 0 Å². The lowest BCUT2D eigenvalue weighted by molar-refractivity contribution is 0.373. The molecule has 1 heterocycles. The molecule has 0 saturated heterocycles. The van der Waals surface area contributed by atoms with Gasteiger partial charge in [-0.3, -0.25) is 0 Å². The molecule has 0 fully saturated rings. The van der Waals surface area contributed by atoms with Gasteiger partial charge in [-0.05, 0) is 6.92 Å². The van der Waals surface area contributed by atoms with Crippen LogP contribution >= 0.6 is 0 Å². The van der Waals surface area contributed by atoms with Gasteiger partial charge < -0.3 is 5.73 Å². The second-order valence-electron chi connectivity index (χ2n) is 3.39. The summed E-state index contributed by atoms with van der Waals surface area (Å²) in [6.07, 6.45) is 0. The number of halogens is 5. The summed E-state index contributed by atoms with van der Waals surface area (Å²) in [5.41, 5.74) is 4.03. The molecule has 0 saturated carbocycles. The van der Waals surface area contributed by atoms with Crippen molar-refractivity contribution in [1.29, 1.82) is 0 Å². The number of aromatic nitrogens is 3. The van der Waals surface area contributed by atoms with E-state index in [0.29, 0.717) is 4.68 Å². The first-order valence-electron chi connectivity index (χ1n) is 4.55. The Morgan fingerprint density at radius 2 is 1.33 bits per heavy atom. The predicted molar refractivity (Wildman–Crippen MR) is 50.3 cm³/mol. The normalized spacial score (nSPS) is 11.0. The third-order valence-electron chi connectivity index (χ3n) is 2.33. The van der Waals surface area contributed by atoms with Crippen molar-refractivity contribution < 1.29 is 22.0 Å². The molecule has 1 aromatic carbocycles. The van der Waals surface area contributed by atoms with E-state index in [1.54, 1.807) is 0 Å². The number of nitrogens with two attached hydrogens (primary N) is 1. The lowest BCUT2D eigenvalue weighted by Crippen LogP contribution is -2.12. The Morgan fingerprint density at radius 1 is 0.889 bits per heavy atom. The molecule has 0 aliphatic carbocycles. The lowest BCUT2D eigenvalue weighted by Gasteiger charge is -2.08. The summed E-state index contributed by atoms with van der Waals surface area (Å²) in [5, 5.41) is 6.50. The summed E-state index contributed by atoms with van der Waals surface area (Å²) < 4.78 is 66.1. The second kappa shape index (κ2) is 3.93. The molecular formula is C9H5F5N4. The van der Waals surface area contributed by atoms with Gasteiger partial charge in [0.1, 0.15) is 5.69 Å². The van der Waals surface area contributed by atoms with E-state index >= 15 is 0 Å². The maximum Gasteiger partial charge on any atom is 0.200 e. The van der Waals surface area contributed by atoms with Crippen molar-refractivity contribution in [3.8, 4) is 5.69 Å². The van der Waals surface area contributed by atoms with Crippen molar-refractivity contribution in [2.45, 2.75) is 6.92 Å². The van der Waals surface area contributed by atoms with Crippen LogP contribution in [0.5, 0.6) is 0 Å². The molecule has 2 aromatic rings. The molecule has 0 aliphatic rings. The van der Waals surface area contributed by atoms with E-state index in [9.17, 15) is 22.0 Å². The smallest absolute Gasteiger partial charge is 0.200 e. The average Bonchev–Trinajstić information content (AvgIpc) is 2.66. The minimum Gasteiger partial charge on any atom is -0.381 e. The fraction of sp³-hybridized carbons (Fsp3) is 0.111. The Bertz CT molecular complexity index is 607. The van der Waals surface area contributed by atoms with Crippen LogP contribution in [0.25, 0.3) is 5.69 Å². The van der Waals surface area contributed by atoms with E-state index < -0.39 is 34.8 Å². The largest absolute Gasteiger partial charge is 0.381 e. The van der Waals surface area contributed by atoms with Gasteiger partial charge in [0.15, 0.2) is 29.1 Å². The fourth-order valence-electron chi connectivity index (χ4n) is 1.33. The van der Waals surface area contributed by atoms with E-state index in [1.807, 2.05) is 0 Å². The molecule has 1 aromatic heterocycles. The highest BCUT2D eigenvalue weighted by atomic mass is 19.2. The molecule has 0 spiro atoms. The average molecular weight is 264 g/mol. The fourth-order valence-corrected chi connectivity index (χ4v) is 1.33. The molecule has 96 valence electrons. The highest BCUT2D eigenvalue weighted by molar-refractivity contribution is 5.42. The molecule has 2 N–H and O–H groups in total. The van der Waals surface area contributed by atoms with Crippen molar-refractivity contribution in [2.75, 3.05) is 5.73 Å². The maximum absolute atomic E-state index is 13.4. The van der Waals surface area contributed by atoms with Gasteiger partial charge >= 0.3 is 0 Å². The lowest BCUT2D eigenvalue weighted by atomic mass is 10.2. The number of rotatable bonds is 1. The first-order chi connectivity index (χ1) is 8.36. The molecule has 0 bridgehead atoms. The van der Waals surface area contributed by atoms with Gasteiger partial charge in [-0.15, -0.1) is 5.10 Å². The van der Waals surface area contributed by atoms with Crippen LogP contribution in [0.4, 0.5) is 27.8 Å². The van der Waals surface area contributed by atoms with Crippen LogP contribution in [0, 0.1) is 36.0 Å². The molecular weight excluding hydrogens is 259 g/mol. The number of hydrogen-bond acceptors (Lipinski definition) is 3. The molecule has 0 aliphatic heterocycles. The Labute approximate surface area is 96.8 Å². The molecule has 0 unspecified atom stereocenters. The summed E-state index contributed by atoms with van der Waals surface area (Å²) in [6, 6.07) is 0. The minimum atomic E-state index is -2.24. The van der Waals surface area contributed by atoms with Crippen LogP contribution in [0.2, 0.25) is 0 Å². The van der Waals surface area contributed by atoms with Crippen LogP contribution in [0.15, 0.2) is 0 Å². The number of hydrogen-bond donors (Lipinski definition) is 1. The van der Waals surface area contributed by atoms with Gasteiger partial charge in [0, 0.05) is 0 Å². The zero-order valence-corrected chi connectivity index (χ0v) is 8.81. The van der Waals surface area contributed by atoms with Crippen molar-refractivity contribution in [3.63, 3.8) is 0 Å². The zero-order chi connectivity index (χ0) is 13.6. The number of nitrogen functional groups attached to an aromatic ring is 1. The van der Waals surface area contributed by atoms with Gasteiger partial charge in [-0.1, -0.05) is 5.21 Å². The second-order valence-corrected chi connectivity index (χ2v) is 3.39. The summed E-state index contributed by atoms with van der Waals surface area (Å²) in [4.78, 5) is 0. The van der Waals surface area contributed by atoms with E-state index in [2.05, 4.69) is 10.3 Å². The standard InChI is InChI=1S/C9H5F5N4/c1-2-9(15)16-17-18(2)8-6(13)4(11)3(10)5(12)7(8)14/h15H2,1H3. The van der Waals surface area contributed by atoms with Crippen LogP contribution < -0.4 is 5.73 Å². The molecule has 0 radical (unpaired) electrons. The molecule has 2 rings (SSSR count). The van der Waals surface area contributed by atoms with Gasteiger partial charge in [0.05, 0.1) is 5.69 Å². The first kappa shape index (κ1) is 12.3. The van der Waals surface area contributed by atoms with Crippen molar-refractivity contribution in [3.05, 3.63) is 34.8 Å². The van der Waals surface area contributed by atoms with E-state index in [-0.39, 0.29) is 11.5 Å². The third-order valence-corrected chi connectivity index (χ3v) is 2.33. The molecule has 0 amide bonds. The first-order valence-corrected chi connectivity index (χ1v) is 4.55. The van der Waals surface area contributed by atoms with Crippen LogP contribution in [0.1, 0.15) is 5.69 Å². The molecule has 0 atom stereocenters. The number of benzene rings is 1. The summed E-state index contributed by atoms with van der Waals surface area (Å²) >= 11 is 0. The number of nitrogens with zero attached hydrogens (tertiary/aromatic N) is 3. The van der Waals surface area contributed by atoms with Crippen LogP contribution in [0.3, 0.4) is 0 Å². The van der Waals surface area contributed by atoms with Crippen molar-refractivity contribution in [1.82, 2.24) is 15.0 Å². The number of anilines is 1. The van der Waals surface area contributed by atoms with Crippen LogP contribution in [-0.2, 0) is 0 Å². The monoisotopic (exact) mass is 264 g/mol. The Hall–Kier alpha value is -2.19. The van der Waals surface area contributed by atoms with Gasteiger partial charge in [-0.25, -0.2) is 26.6 Å². The quantitative estimate of drug-likeness (QED) is 0.486. The maximum atomic E-state index is 13.4. The van der Waals surface area contributed by atoms with Gasteiger partial charge in [0.25, 0.3) is 0 Å². The minimum absolute atomic E-state index is 0.0433. The highest BCUT2D eigenvalue weighted by Gasteiger charge is 2.28. The van der Waals surface area contributed by atoms with Gasteiger partial charge in [-0.2, -0.15) is 0 Å². The molecule has 9 heteroatoms. The Kier molecular flexibility index (Phi) is 2.68. The molecule has 18 heavy (non-hydrogen) atoms. The zero-order valence-electron chi connectivity index (χ0n) is 8.81. The summed E-state index contributed by atoms with van der Waals surface area (Å²) in [7, 11) is 0. The molecule has 4 nitrogen and oxygen atoms in total. The van der Waals surface area contributed by atoms with E-state index in [4.69, 9.17) is 5.73 Å². The highest BCUT2D eigenvalue weighted by Crippen LogP contribution is 2.26. The SMILES string of the molecule is Cc1c(N)nnn1-c1c(F)c(F)c(F)c(F)c1F. The van der Waals surface area contributed by atoms with E-state index in [0.717, 1.165) is 0 Å².